The van der Waals surface area contributed by atoms with E-state index in [1.54, 1.807) is 36.4 Å². The van der Waals surface area contributed by atoms with Gasteiger partial charge in [0.2, 0.25) is 5.91 Å². The number of rotatable bonds is 9. The van der Waals surface area contributed by atoms with Crippen molar-refractivity contribution < 1.29 is 14.4 Å². The Labute approximate surface area is 248 Å². The predicted octanol–water partition coefficient (Wildman–Crippen LogP) is 7.37. The number of carbonyl (C=O) groups excluding carboxylic acids is 3. The molecule has 1 atom stereocenters. The molecule has 0 aliphatic rings. The summed E-state index contributed by atoms with van der Waals surface area (Å²) in [5.41, 5.74) is 2.62. The van der Waals surface area contributed by atoms with Gasteiger partial charge in [0.25, 0.3) is 11.8 Å². The van der Waals surface area contributed by atoms with Crippen LogP contribution >= 0.6 is 11.8 Å². The maximum Gasteiger partial charge on any atom is 0.272 e. The van der Waals surface area contributed by atoms with E-state index in [1.807, 2.05) is 104 Å². The molecule has 0 saturated carbocycles. The van der Waals surface area contributed by atoms with E-state index >= 15 is 0 Å². The van der Waals surface area contributed by atoms with Gasteiger partial charge in [-0.05, 0) is 71.8 Å². The lowest BCUT2D eigenvalue weighted by Gasteiger charge is -2.14. The van der Waals surface area contributed by atoms with Crippen molar-refractivity contribution in [3.8, 4) is 0 Å². The van der Waals surface area contributed by atoms with Crippen molar-refractivity contribution in [2.75, 3.05) is 10.6 Å². The van der Waals surface area contributed by atoms with E-state index in [0.29, 0.717) is 11.3 Å². The van der Waals surface area contributed by atoms with Gasteiger partial charge < -0.3 is 16.0 Å². The Balaban J connectivity index is 1.36. The van der Waals surface area contributed by atoms with Crippen LogP contribution in [0.1, 0.15) is 22.8 Å². The lowest BCUT2D eigenvalue weighted by Crippen LogP contribution is -2.30. The fourth-order valence-corrected chi connectivity index (χ4v) is 5.27. The van der Waals surface area contributed by atoms with E-state index in [0.717, 1.165) is 26.9 Å². The summed E-state index contributed by atoms with van der Waals surface area (Å²) in [5, 5.41) is 10.2. The fraction of sp³-hybridized carbons (Fsp3) is 0.0571. The van der Waals surface area contributed by atoms with Crippen LogP contribution in [0.25, 0.3) is 16.8 Å². The summed E-state index contributed by atoms with van der Waals surface area (Å²) in [6, 6.07) is 39.0. The van der Waals surface area contributed by atoms with Gasteiger partial charge in [0.15, 0.2) is 0 Å². The highest BCUT2D eigenvalue weighted by Crippen LogP contribution is 2.27. The molecule has 208 valence electrons. The molecule has 0 spiro atoms. The molecular weight excluding hydrogens is 542 g/mol. The van der Waals surface area contributed by atoms with Crippen molar-refractivity contribution in [2.45, 2.75) is 17.1 Å². The second kappa shape index (κ2) is 13.5. The molecule has 0 bridgehead atoms. The number of benzene rings is 5. The molecule has 0 aliphatic heterocycles. The molecule has 0 aliphatic carbocycles. The van der Waals surface area contributed by atoms with Gasteiger partial charge in [-0.2, -0.15) is 0 Å². The number of nitrogens with one attached hydrogen (secondary N) is 3. The minimum absolute atomic E-state index is 0.105. The first-order chi connectivity index (χ1) is 20.5. The van der Waals surface area contributed by atoms with Crippen LogP contribution in [0.2, 0.25) is 0 Å². The highest BCUT2D eigenvalue weighted by atomic mass is 32.2. The summed E-state index contributed by atoms with van der Waals surface area (Å²) in [6.07, 6.45) is 1.69. The van der Waals surface area contributed by atoms with Crippen LogP contribution in [0.5, 0.6) is 0 Å². The first kappa shape index (κ1) is 28.4. The highest BCUT2D eigenvalue weighted by Gasteiger charge is 2.18. The van der Waals surface area contributed by atoms with Crippen molar-refractivity contribution in [3.05, 3.63) is 144 Å². The number of hydrogen-bond donors (Lipinski definition) is 3. The lowest BCUT2D eigenvalue weighted by atomic mass is 10.0. The minimum Gasteiger partial charge on any atom is -0.325 e. The van der Waals surface area contributed by atoms with Crippen LogP contribution in [0, 0.1) is 0 Å². The van der Waals surface area contributed by atoms with Crippen molar-refractivity contribution >= 4 is 57.7 Å². The minimum atomic E-state index is -0.468. The number of thioether (sulfide) groups is 1. The number of para-hydroxylation sites is 1. The van der Waals surface area contributed by atoms with Gasteiger partial charge in [-0.3, -0.25) is 14.4 Å². The molecule has 7 heteroatoms. The van der Waals surface area contributed by atoms with Gasteiger partial charge in [-0.1, -0.05) is 84.9 Å². The van der Waals surface area contributed by atoms with Crippen molar-refractivity contribution in [1.82, 2.24) is 5.32 Å². The summed E-state index contributed by atoms with van der Waals surface area (Å²) in [7, 11) is 0. The largest absolute Gasteiger partial charge is 0.325 e. The van der Waals surface area contributed by atoms with Crippen LogP contribution in [0.4, 0.5) is 11.4 Å². The van der Waals surface area contributed by atoms with Gasteiger partial charge >= 0.3 is 0 Å². The molecule has 1 unspecified atom stereocenters. The van der Waals surface area contributed by atoms with Gasteiger partial charge in [-0.25, -0.2) is 0 Å². The molecule has 5 rings (SSSR count). The average Bonchev–Trinajstić information content (AvgIpc) is 3.02. The van der Waals surface area contributed by atoms with Gasteiger partial charge in [0, 0.05) is 21.8 Å². The summed E-state index contributed by atoms with van der Waals surface area (Å²) in [5.74, 6) is -0.978. The van der Waals surface area contributed by atoms with Crippen molar-refractivity contribution in [2.24, 2.45) is 0 Å². The topological polar surface area (TPSA) is 87.3 Å². The third-order valence-electron chi connectivity index (χ3n) is 6.47. The van der Waals surface area contributed by atoms with Crippen LogP contribution < -0.4 is 16.0 Å². The zero-order valence-electron chi connectivity index (χ0n) is 22.9. The second-order valence-corrected chi connectivity index (χ2v) is 11.0. The van der Waals surface area contributed by atoms with E-state index in [-0.39, 0.29) is 22.8 Å². The third kappa shape index (κ3) is 7.33. The van der Waals surface area contributed by atoms with Gasteiger partial charge in [-0.15, -0.1) is 11.8 Å². The highest BCUT2D eigenvalue weighted by molar-refractivity contribution is 8.00. The number of hydrogen-bond acceptors (Lipinski definition) is 4. The van der Waals surface area contributed by atoms with E-state index in [2.05, 4.69) is 16.0 Å². The van der Waals surface area contributed by atoms with Crippen LogP contribution in [-0.2, 0) is 9.59 Å². The Hall–Kier alpha value is -5.14. The molecule has 0 fully saturated rings. The van der Waals surface area contributed by atoms with Gasteiger partial charge in [0.1, 0.15) is 5.70 Å². The second-order valence-electron chi connectivity index (χ2n) is 9.54. The maximum atomic E-state index is 13.6. The Kier molecular flexibility index (Phi) is 9.11. The number of carbonyl (C=O) groups is 3. The first-order valence-electron chi connectivity index (χ1n) is 13.5. The smallest absolute Gasteiger partial charge is 0.272 e. The molecule has 3 N–H and O–H groups in total. The third-order valence-corrected chi connectivity index (χ3v) is 7.56. The van der Waals surface area contributed by atoms with Gasteiger partial charge in [0.05, 0.1) is 5.25 Å². The van der Waals surface area contributed by atoms with Crippen LogP contribution in [-0.4, -0.2) is 23.0 Å². The monoisotopic (exact) mass is 571 g/mol. The normalized spacial score (nSPS) is 11.9. The van der Waals surface area contributed by atoms with E-state index < -0.39 is 5.91 Å². The Morgan fingerprint density at radius 1 is 0.690 bits per heavy atom. The van der Waals surface area contributed by atoms with Crippen LogP contribution in [0.3, 0.4) is 0 Å². The average molecular weight is 572 g/mol. The fourth-order valence-electron chi connectivity index (χ4n) is 4.34. The van der Waals surface area contributed by atoms with E-state index in [9.17, 15) is 14.4 Å². The summed E-state index contributed by atoms with van der Waals surface area (Å²) >= 11 is 1.38. The molecule has 6 nitrogen and oxygen atoms in total. The molecule has 0 aromatic heterocycles. The predicted molar refractivity (Wildman–Crippen MR) is 171 cm³/mol. The number of anilines is 2. The van der Waals surface area contributed by atoms with Crippen molar-refractivity contribution in [3.63, 3.8) is 0 Å². The zero-order valence-corrected chi connectivity index (χ0v) is 23.7. The van der Waals surface area contributed by atoms with Crippen molar-refractivity contribution in [1.29, 1.82) is 0 Å². The van der Waals surface area contributed by atoms with Crippen LogP contribution in [0.15, 0.2) is 138 Å². The maximum absolute atomic E-state index is 13.6. The quantitative estimate of drug-likeness (QED) is 0.127. The summed E-state index contributed by atoms with van der Waals surface area (Å²) < 4.78 is 0. The standard InChI is InChI=1S/C35H29N3O3S/c1-24(33(39)36-28-17-6-3-7-18-28)42-30-20-11-19-29(23-30)37-35(41)32(38-34(40)26-13-4-2-5-14-26)22-27-16-10-15-25-12-8-9-21-31(25)27/h2-24H,1H3,(H,36,39)(H,37,41)(H,38,40)/b32-22+. The molecule has 0 radical (unpaired) electrons. The summed E-state index contributed by atoms with van der Waals surface area (Å²) in [4.78, 5) is 40.2. The molecule has 5 aromatic carbocycles. The molecular formula is C35H29N3O3S. The molecule has 3 amide bonds. The Morgan fingerprint density at radius 2 is 1.33 bits per heavy atom. The number of amides is 3. The molecule has 0 heterocycles. The van der Waals surface area contributed by atoms with E-state index in [4.69, 9.17) is 0 Å². The zero-order chi connectivity index (χ0) is 29.3. The SMILES string of the molecule is CC(Sc1cccc(NC(=O)/C(=C\c2cccc3ccccc23)NC(=O)c2ccccc2)c1)C(=O)Nc1ccccc1. The lowest BCUT2D eigenvalue weighted by molar-refractivity contribution is -0.115. The number of fused-ring (bicyclic) bond motifs is 1. The Morgan fingerprint density at radius 3 is 2.12 bits per heavy atom. The summed E-state index contributed by atoms with van der Waals surface area (Å²) in [6.45, 7) is 1.83. The molecule has 0 saturated heterocycles. The molecule has 5 aromatic rings. The Bertz CT molecular complexity index is 1750. The van der Waals surface area contributed by atoms with E-state index in [1.165, 1.54) is 11.8 Å². The first-order valence-corrected chi connectivity index (χ1v) is 14.3. The molecule has 42 heavy (non-hydrogen) atoms.